The second kappa shape index (κ2) is 16.2. The lowest BCUT2D eigenvalue weighted by atomic mass is 9.98. The third kappa shape index (κ3) is 12.5. The minimum Gasteiger partial charge on any atom is -0.481 e. The highest BCUT2D eigenvalue weighted by Crippen LogP contribution is 2.09. The number of aliphatic carboxylic acids is 2. The fraction of sp³-hybridized carbons (Fsp3) is 0.700. The van der Waals surface area contributed by atoms with Gasteiger partial charge in [0.25, 0.3) is 0 Å². The van der Waals surface area contributed by atoms with E-state index in [1.807, 2.05) is 0 Å². The number of rotatable bonds is 17. The Balaban J connectivity index is 5.26. The summed E-state index contributed by atoms with van der Waals surface area (Å²) in [4.78, 5) is 63.8. The summed E-state index contributed by atoms with van der Waals surface area (Å²) in [6, 6.07) is -5.22. The third-order valence-electron chi connectivity index (χ3n) is 5.18. The molecule has 0 aliphatic rings. The van der Waals surface area contributed by atoms with Crippen LogP contribution in [0.15, 0.2) is 4.99 Å². The quantitative estimate of drug-likeness (QED) is 0.0541. The number of nitrogens with one attached hydrogen (secondary N) is 3. The minimum absolute atomic E-state index is 0.111. The van der Waals surface area contributed by atoms with Gasteiger partial charge in [0.05, 0.1) is 12.6 Å². The van der Waals surface area contributed by atoms with Gasteiger partial charge in [-0.2, -0.15) is 0 Å². The molecule has 200 valence electrons. The van der Waals surface area contributed by atoms with Crippen LogP contribution >= 0.6 is 0 Å². The number of carboxylic acid groups (broad SMARTS) is 2. The monoisotopic (exact) mass is 503 g/mol. The summed E-state index contributed by atoms with van der Waals surface area (Å²) in [5.74, 6) is -5.72. The van der Waals surface area contributed by atoms with Crippen LogP contribution in [-0.2, 0) is 24.0 Å². The predicted octanol–water partition coefficient (Wildman–Crippen LogP) is -3.19. The van der Waals surface area contributed by atoms with Gasteiger partial charge in [0.1, 0.15) is 18.1 Å². The van der Waals surface area contributed by atoms with Crippen LogP contribution in [-0.4, -0.2) is 88.3 Å². The Morgan fingerprint density at radius 3 is 1.97 bits per heavy atom. The van der Waals surface area contributed by atoms with Gasteiger partial charge in [0.15, 0.2) is 5.96 Å². The Hall–Kier alpha value is -3.46. The van der Waals surface area contributed by atoms with E-state index in [1.165, 1.54) is 0 Å². The summed E-state index contributed by atoms with van der Waals surface area (Å²) >= 11 is 0. The lowest BCUT2D eigenvalue weighted by Gasteiger charge is -2.26. The van der Waals surface area contributed by atoms with E-state index < -0.39 is 72.8 Å². The molecule has 0 saturated heterocycles. The fourth-order valence-corrected chi connectivity index (χ4v) is 2.87. The maximum Gasteiger partial charge on any atom is 0.326 e. The van der Waals surface area contributed by atoms with Crippen molar-refractivity contribution in [2.45, 2.75) is 70.1 Å². The van der Waals surface area contributed by atoms with Crippen molar-refractivity contribution in [2.75, 3.05) is 13.2 Å². The van der Waals surface area contributed by atoms with Gasteiger partial charge in [-0.15, -0.1) is 0 Å². The second-order valence-electron chi connectivity index (χ2n) is 8.00. The van der Waals surface area contributed by atoms with Crippen molar-refractivity contribution >= 4 is 35.6 Å². The summed E-state index contributed by atoms with van der Waals surface area (Å²) < 4.78 is 0. The lowest BCUT2D eigenvalue weighted by Crippen LogP contribution is -2.58. The SMILES string of the molecule is CCC(C)C(NC(=O)C(CCC(=O)O)NC(=O)C(CO)NC(=O)C(N)CCCN=C(N)N)C(=O)O. The molecular formula is C20H37N7O8. The van der Waals surface area contributed by atoms with Crippen LogP contribution in [0, 0.1) is 5.92 Å². The molecule has 0 aliphatic heterocycles. The number of aliphatic hydroxyl groups excluding tert-OH is 1. The van der Waals surface area contributed by atoms with Crippen molar-refractivity contribution in [3.8, 4) is 0 Å². The van der Waals surface area contributed by atoms with Crippen LogP contribution in [0.2, 0.25) is 0 Å². The highest BCUT2D eigenvalue weighted by molar-refractivity contribution is 5.94. The zero-order valence-corrected chi connectivity index (χ0v) is 19.9. The molecule has 12 N–H and O–H groups in total. The number of hydrogen-bond acceptors (Lipinski definition) is 8. The van der Waals surface area contributed by atoms with E-state index in [2.05, 4.69) is 20.9 Å². The molecule has 0 bridgehead atoms. The van der Waals surface area contributed by atoms with Gasteiger partial charge >= 0.3 is 11.9 Å². The molecule has 15 nitrogen and oxygen atoms in total. The maximum atomic E-state index is 12.7. The molecule has 0 aromatic rings. The molecule has 0 fully saturated rings. The van der Waals surface area contributed by atoms with Crippen molar-refractivity contribution in [3.63, 3.8) is 0 Å². The Morgan fingerprint density at radius 2 is 1.49 bits per heavy atom. The Bertz CT molecular complexity index is 773. The Kier molecular flexibility index (Phi) is 14.6. The number of carboxylic acids is 2. The van der Waals surface area contributed by atoms with Gasteiger partial charge in [-0.3, -0.25) is 24.2 Å². The summed E-state index contributed by atoms with van der Waals surface area (Å²) in [7, 11) is 0. The van der Waals surface area contributed by atoms with Crippen molar-refractivity contribution in [2.24, 2.45) is 28.1 Å². The van der Waals surface area contributed by atoms with Crippen molar-refractivity contribution in [3.05, 3.63) is 0 Å². The molecule has 0 saturated carbocycles. The first-order valence-electron chi connectivity index (χ1n) is 11.1. The molecular weight excluding hydrogens is 466 g/mol. The number of nitrogens with two attached hydrogens (primary N) is 3. The molecule has 0 spiro atoms. The normalized spacial score (nSPS) is 15.0. The van der Waals surface area contributed by atoms with Crippen LogP contribution in [0.1, 0.15) is 46.0 Å². The molecule has 15 heteroatoms. The molecule has 5 atom stereocenters. The van der Waals surface area contributed by atoms with E-state index in [0.29, 0.717) is 12.8 Å². The first-order valence-corrected chi connectivity index (χ1v) is 11.1. The van der Waals surface area contributed by atoms with Gasteiger partial charge in [0, 0.05) is 13.0 Å². The van der Waals surface area contributed by atoms with E-state index in [0.717, 1.165) is 0 Å². The first-order chi connectivity index (χ1) is 16.3. The topological polar surface area (TPSA) is 273 Å². The number of carbonyl (C=O) groups is 5. The van der Waals surface area contributed by atoms with Crippen LogP contribution in [0.4, 0.5) is 0 Å². The zero-order valence-electron chi connectivity index (χ0n) is 19.9. The van der Waals surface area contributed by atoms with Crippen LogP contribution in [0.25, 0.3) is 0 Å². The van der Waals surface area contributed by atoms with Crippen molar-refractivity contribution in [1.82, 2.24) is 16.0 Å². The predicted molar refractivity (Wildman–Crippen MR) is 125 cm³/mol. The lowest BCUT2D eigenvalue weighted by molar-refractivity contribution is -0.144. The number of amides is 3. The van der Waals surface area contributed by atoms with E-state index in [-0.39, 0.29) is 25.3 Å². The van der Waals surface area contributed by atoms with E-state index in [1.54, 1.807) is 13.8 Å². The standard InChI is InChI=1S/C20H37N7O8/c1-3-10(2)15(19(34)35)27-17(32)12(6-7-14(29)30)25-18(33)13(9-28)26-16(31)11(21)5-4-8-24-20(22)23/h10-13,15,28H,3-9,21H2,1-2H3,(H,25,33)(H,26,31)(H,27,32)(H,29,30)(H,34,35)(H4,22,23,24). The Morgan fingerprint density at radius 1 is 0.914 bits per heavy atom. The number of guanidine groups is 1. The van der Waals surface area contributed by atoms with Gasteiger partial charge < -0.3 is 48.5 Å². The summed E-state index contributed by atoms with van der Waals surface area (Å²) in [5, 5.41) is 34.7. The van der Waals surface area contributed by atoms with Gasteiger partial charge in [-0.25, -0.2) is 4.79 Å². The smallest absolute Gasteiger partial charge is 0.326 e. The fourth-order valence-electron chi connectivity index (χ4n) is 2.87. The summed E-state index contributed by atoms with van der Waals surface area (Å²) in [6.45, 7) is 2.75. The van der Waals surface area contributed by atoms with Crippen LogP contribution in [0.3, 0.4) is 0 Å². The zero-order chi connectivity index (χ0) is 27.1. The van der Waals surface area contributed by atoms with Crippen molar-refractivity contribution < 1.29 is 39.3 Å². The second-order valence-corrected chi connectivity index (χ2v) is 8.00. The molecule has 0 aromatic heterocycles. The first kappa shape index (κ1) is 31.5. The Labute approximate surface area is 202 Å². The van der Waals surface area contributed by atoms with Crippen molar-refractivity contribution in [1.29, 1.82) is 0 Å². The van der Waals surface area contributed by atoms with Crippen LogP contribution in [0.5, 0.6) is 0 Å². The molecule has 0 radical (unpaired) electrons. The highest BCUT2D eigenvalue weighted by Gasteiger charge is 2.32. The number of aliphatic imine (C=N–C) groups is 1. The van der Waals surface area contributed by atoms with Gasteiger partial charge in [-0.1, -0.05) is 20.3 Å². The van der Waals surface area contributed by atoms with E-state index >= 15 is 0 Å². The van der Waals surface area contributed by atoms with Gasteiger partial charge in [-0.05, 0) is 25.2 Å². The average Bonchev–Trinajstić information content (AvgIpc) is 2.79. The molecule has 0 aliphatic carbocycles. The minimum atomic E-state index is -1.49. The number of carbonyl (C=O) groups excluding carboxylic acids is 3. The number of nitrogens with zero attached hydrogens (tertiary/aromatic N) is 1. The molecule has 3 amide bonds. The largest absolute Gasteiger partial charge is 0.481 e. The average molecular weight is 504 g/mol. The summed E-state index contributed by atoms with van der Waals surface area (Å²) in [6.07, 6.45) is 0.139. The highest BCUT2D eigenvalue weighted by atomic mass is 16.4. The van der Waals surface area contributed by atoms with Gasteiger partial charge in [0.2, 0.25) is 17.7 Å². The van der Waals surface area contributed by atoms with Crippen LogP contribution < -0.4 is 33.2 Å². The molecule has 5 unspecified atom stereocenters. The molecule has 0 heterocycles. The summed E-state index contributed by atoms with van der Waals surface area (Å²) in [5.41, 5.74) is 16.2. The molecule has 35 heavy (non-hydrogen) atoms. The van der Waals surface area contributed by atoms with E-state index in [9.17, 15) is 34.2 Å². The third-order valence-corrected chi connectivity index (χ3v) is 5.18. The molecule has 0 aromatic carbocycles. The van der Waals surface area contributed by atoms with E-state index in [4.69, 9.17) is 22.3 Å². The number of hydrogen-bond donors (Lipinski definition) is 9. The maximum absolute atomic E-state index is 12.7. The molecule has 0 rings (SSSR count). The number of aliphatic hydroxyl groups is 1.